The van der Waals surface area contributed by atoms with E-state index in [1.165, 1.54) is 0 Å². The Morgan fingerprint density at radius 1 is 1.45 bits per heavy atom. The number of nitrogens with zero attached hydrogens (tertiary/aromatic N) is 4. The predicted octanol–water partition coefficient (Wildman–Crippen LogP) is -0.124. The second-order valence-corrected chi connectivity index (χ2v) is 5.96. The molecule has 120 valence electrons. The molecule has 0 aliphatic heterocycles. The second kappa shape index (κ2) is 6.97. The molecular formula is C14H23N6OS+. The average molecular weight is 323 g/mol. The van der Waals surface area contributed by atoms with Crippen molar-refractivity contribution in [2.45, 2.75) is 33.9 Å². The first-order valence-electron chi connectivity index (χ1n) is 7.44. The van der Waals surface area contributed by atoms with Gasteiger partial charge in [-0.05, 0) is 38.6 Å². The third kappa shape index (κ3) is 3.69. The second-order valence-electron chi connectivity index (χ2n) is 5.60. The van der Waals surface area contributed by atoms with E-state index in [1.807, 2.05) is 38.3 Å². The number of likely N-dealkylation sites (N-methyl/N-ethyl adjacent to an activating group) is 1. The van der Waals surface area contributed by atoms with Crippen LogP contribution < -0.4 is 10.2 Å². The van der Waals surface area contributed by atoms with Crippen molar-refractivity contribution in [2.75, 3.05) is 20.1 Å². The van der Waals surface area contributed by atoms with Crippen LogP contribution in [-0.4, -0.2) is 45.2 Å². The van der Waals surface area contributed by atoms with Crippen molar-refractivity contribution in [3.63, 3.8) is 0 Å². The summed E-state index contributed by atoms with van der Waals surface area (Å²) in [5.74, 6) is 0.644. The van der Waals surface area contributed by atoms with Gasteiger partial charge in [-0.1, -0.05) is 6.92 Å². The van der Waals surface area contributed by atoms with Gasteiger partial charge in [0, 0.05) is 17.9 Å². The molecule has 22 heavy (non-hydrogen) atoms. The third-order valence-corrected chi connectivity index (χ3v) is 3.72. The SMILES string of the molecule is CCCNC(=O)C[NH+](C)Cn1nc2nc(C)cc(C)n2c1=S. The van der Waals surface area contributed by atoms with Crippen LogP contribution in [0.2, 0.25) is 0 Å². The molecule has 2 aromatic heterocycles. The zero-order chi connectivity index (χ0) is 16.3. The first-order chi connectivity index (χ1) is 10.4. The van der Waals surface area contributed by atoms with Gasteiger partial charge in [-0.25, -0.2) is 4.98 Å². The quantitative estimate of drug-likeness (QED) is 0.727. The van der Waals surface area contributed by atoms with Crippen molar-refractivity contribution < 1.29 is 9.69 Å². The van der Waals surface area contributed by atoms with Crippen molar-refractivity contribution in [1.82, 2.24) is 24.5 Å². The smallest absolute Gasteiger partial charge is 0.275 e. The highest BCUT2D eigenvalue weighted by Crippen LogP contribution is 2.06. The van der Waals surface area contributed by atoms with E-state index in [2.05, 4.69) is 15.4 Å². The van der Waals surface area contributed by atoms with E-state index < -0.39 is 0 Å². The highest BCUT2D eigenvalue weighted by molar-refractivity contribution is 7.71. The molecule has 1 amide bonds. The molecule has 0 bridgehead atoms. The molecule has 0 saturated carbocycles. The number of hydrogen-bond donors (Lipinski definition) is 2. The molecule has 2 rings (SSSR count). The minimum Gasteiger partial charge on any atom is -0.351 e. The zero-order valence-electron chi connectivity index (χ0n) is 13.5. The molecule has 0 radical (unpaired) electrons. The number of aromatic nitrogens is 4. The van der Waals surface area contributed by atoms with Crippen LogP contribution in [0.15, 0.2) is 6.07 Å². The van der Waals surface area contributed by atoms with E-state index in [0.717, 1.165) is 22.7 Å². The Labute approximate surface area is 135 Å². The maximum absolute atomic E-state index is 11.8. The van der Waals surface area contributed by atoms with Crippen molar-refractivity contribution in [1.29, 1.82) is 0 Å². The molecular weight excluding hydrogens is 300 g/mol. The van der Waals surface area contributed by atoms with Gasteiger partial charge in [-0.15, -0.1) is 5.10 Å². The number of nitrogens with one attached hydrogen (secondary N) is 2. The Balaban J connectivity index is 2.15. The van der Waals surface area contributed by atoms with Crippen LogP contribution in [0.3, 0.4) is 0 Å². The van der Waals surface area contributed by atoms with Crippen molar-refractivity contribution in [2.24, 2.45) is 0 Å². The van der Waals surface area contributed by atoms with E-state index in [-0.39, 0.29) is 5.91 Å². The Kier molecular flexibility index (Phi) is 5.25. The Bertz CT molecular complexity index is 735. The van der Waals surface area contributed by atoms with Crippen LogP contribution in [0.4, 0.5) is 0 Å². The minimum atomic E-state index is 0.0415. The standard InChI is InChI=1S/C14H22N6OS/c1-5-6-15-12(21)8-18(4)9-19-14(22)20-11(3)7-10(2)16-13(20)17-19/h7H,5-6,8-9H2,1-4H3,(H,15,21)/p+1. The fourth-order valence-corrected chi connectivity index (χ4v) is 2.68. The summed E-state index contributed by atoms with van der Waals surface area (Å²) in [7, 11) is 1.95. The molecule has 0 aliphatic carbocycles. The lowest BCUT2D eigenvalue weighted by atomic mass is 10.3. The van der Waals surface area contributed by atoms with Gasteiger partial charge < -0.3 is 10.2 Å². The molecule has 1 atom stereocenters. The number of hydrogen-bond acceptors (Lipinski definition) is 4. The molecule has 8 heteroatoms. The molecule has 7 nitrogen and oxygen atoms in total. The van der Waals surface area contributed by atoms with Gasteiger partial charge in [0.1, 0.15) is 0 Å². The number of amides is 1. The van der Waals surface area contributed by atoms with Gasteiger partial charge in [0.05, 0.1) is 7.05 Å². The predicted molar refractivity (Wildman–Crippen MR) is 86.3 cm³/mol. The number of carbonyl (C=O) groups is 1. The minimum absolute atomic E-state index is 0.0415. The van der Waals surface area contributed by atoms with Gasteiger partial charge in [0.2, 0.25) is 4.77 Å². The number of quaternary nitrogens is 1. The molecule has 0 saturated heterocycles. The Morgan fingerprint density at radius 2 is 2.18 bits per heavy atom. The summed E-state index contributed by atoms with van der Waals surface area (Å²) in [6.45, 7) is 7.58. The van der Waals surface area contributed by atoms with E-state index in [9.17, 15) is 4.79 Å². The van der Waals surface area contributed by atoms with Crippen LogP contribution in [0.5, 0.6) is 0 Å². The van der Waals surface area contributed by atoms with Crippen LogP contribution in [0.25, 0.3) is 5.78 Å². The molecule has 2 N–H and O–H groups in total. The monoisotopic (exact) mass is 323 g/mol. The largest absolute Gasteiger partial charge is 0.351 e. The first kappa shape index (κ1) is 16.6. The highest BCUT2D eigenvalue weighted by atomic mass is 32.1. The summed E-state index contributed by atoms with van der Waals surface area (Å²) in [5, 5.41) is 7.33. The van der Waals surface area contributed by atoms with Gasteiger partial charge in [0.15, 0.2) is 13.2 Å². The molecule has 0 aliphatic rings. The summed E-state index contributed by atoms with van der Waals surface area (Å²) >= 11 is 5.47. The maximum atomic E-state index is 11.8. The number of aryl methyl sites for hydroxylation is 2. The molecule has 0 aromatic carbocycles. The van der Waals surface area contributed by atoms with E-state index in [0.29, 0.717) is 30.3 Å². The normalized spacial score (nSPS) is 12.5. The molecule has 0 fully saturated rings. The lowest BCUT2D eigenvalue weighted by Gasteiger charge is -2.13. The third-order valence-electron chi connectivity index (χ3n) is 3.32. The Morgan fingerprint density at radius 3 is 2.86 bits per heavy atom. The lowest BCUT2D eigenvalue weighted by Crippen LogP contribution is -3.09. The summed E-state index contributed by atoms with van der Waals surface area (Å²) in [6.07, 6.45) is 0.937. The van der Waals surface area contributed by atoms with Gasteiger partial charge in [-0.2, -0.15) is 4.68 Å². The fourth-order valence-electron chi connectivity index (χ4n) is 2.35. The number of carbonyl (C=O) groups excluding carboxylic acids is 1. The highest BCUT2D eigenvalue weighted by Gasteiger charge is 2.14. The fraction of sp³-hybridized carbons (Fsp3) is 0.571. The van der Waals surface area contributed by atoms with Crippen LogP contribution >= 0.6 is 12.2 Å². The zero-order valence-corrected chi connectivity index (χ0v) is 14.3. The van der Waals surface area contributed by atoms with E-state index in [4.69, 9.17) is 12.2 Å². The number of fused-ring (bicyclic) bond motifs is 1. The molecule has 1 unspecified atom stereocenters. The lowest BCUT2D eigenvalue weighted by molar-refractivity contribution is -0.895. The van der Waals surface area contributed by atoms with Crippen molar-refractivity contribution >= 4 is 23.9 Å². The molecule has 2 heterocycles. The Hall–Kier alpha value is -1.80. The van der Waals surface area contributed by atoms with Crippen LogP contribution in [0, 0.1) is 18.6 Å². The van der Waals surface area contributed by atoms with E-state index >= 15 is 0 Å². The maximum Gasteiger partial charge on any atom is 0.275 e. The average Bonchev–Trinajstić information content (AvgIpc) is 2.72. The summed E-state index contributed by atoms with van der Waals surface area (Å²) in [4.78, 5) is 17.2. The molecule has 2 aromatic rings. The van der Waals surface area contributed by atoms with Gasteiger partial charge >= 0.3 is 0 Å². The number of rotatable bonds is 6. The van der Waals surface area contributed by atoms with Crippen molar-refractivity contribution in [3.05, 3.63) is 22.2 Å². The summed E-state index contributed by atoms with van der Waals surface area (Å²) in [5.41, 5.74) is 1.92. The van der Waals surface area contributed by atoms with Gasteiger partial charge in [0.25, 0.3) is 11.7 Å². The van der Waals surface area contributed by atoms with Crippen LogP contribution in [-0.2, 0) is 11.5 Å². The summed E-state index contributed by atoms with van der Waals surface area (Å²) in [6, 6.07) is 1.98. The first-order valence-corrected chi connectivity index (χ1v) is 7.85. The topological polar surface area (TPSA) is 68.7 Å². The molecule has 0 spiro atoms. The van der Waals surface area contributed by atoms with E-state index in [1.54, 1.807) is 4.68 Å². The van der Waals surface area contributed by atoms with Crippen molar-refractivity contribution in [3.8, 4) is 0 Å². The summed E-state index contributed by atoms with van der Waals surface area (Å²) < 4.78 is 4.19. The van der Waals surface area contributed by atoms with Crippen LogP contribution in [0.1, 0.15) is 24.7 Å². The van der Waals surface area contributed by atoms with Gasteiger partial charge in [-0.3, -0.25) is 9.20 Å².